The summed E-state index contributed by atoms with van der Waals surface area (Å²) in [6, 6.07) is 10.8. The molecule has 19 heavy (non-hydrogen) atoms. The SMILES string of the molecule is Cc1cc(Br)cnc1N1CC(C)Cc2ccccc21. The average molecular weight is 317 g/mol. The highest BCUT2D eigenvalue weighted by atomic mass is 79.9. The molecule has 0 aliphatic carbocycles. The third-order valence-corrected chi connectivity index (χ3v) is 4.05. The first kappa shape index (κ1) is 12.7. The Labute approximate surface area is 122 Å². The maximum Gasteiger partial charge on any atom is 0.135 e. The van der Waals surface area contributed by atoms with Crippen molar-refractivity contribution in [1.82, 2.24) is 4.98 Å². The highest BCUT2D eigenvalue weighted by Gasteiger charge is 2.24. The van der Waals surface area contributed by atoms with Crippen LogP contribution in [0.1, 0.15) is 18.1 Å². The Morgan fingerprint density at radius 3 is 2.89 bits per heavy atom. The average Bonchev–Trinajstić information content (AvgIpc) is 2.38. The lowest BCUT2D eigenvalue weighted by atomic mass is 9.93. The fraction of sp³-hybridized carbons (Fsp3) is 0.312. The fourth-order valence-electron chi connectivity index (χ4n) is 2.81. The predicted octanol–water partition coefficient (Wildman–Crippen LogP) is 4.48. The van der Waals surface area contributed by atoms with Crippen LogP contribution in [0.4, 0.5) is 11.5 Å². The molecule has 1 aromatic heterocycles. The Morgan fingerprint density at radius 2 is 2.11 bits per heavy atom. The summed E-state index contributed by atoms with van der Waals surface area (Å²) in [5.74, 6) is 1.72. The lowest BCUT2D eigenvalue weighted by Gasteiger charge is -2.34. The summed E-state index contributed by atoms with van der Waals surface area (Å²) in [5, 5.41) is 0. The topological polar surface area (TPSA) is 16.1 Å². The number of halogens is 1. The number of nitrogens with zero attached hydrogens (tertiary/aromatic N) is 2. The van der Waals surface area contributed by atoms with Crippen LogP contribution in [0.5, 0.6) is 0 Å². The second-order valence-electron chi connectivity index (χ2n) is 5.34. The molecule has 0 amide bonds. The van der Waals surface area contributed by atoms with Crippen molar-refractivity contribution in [3.63, 3.8) is 0 Å². The quantitative estimate of drug-likeness (QED) is 0.771. The van der Waals surface area contributed by atoms with Crippen LogP contribution in [0, 0.1) is 12.8 Å². The van der Waals surface area contributed by atoms with Gasteiger partial charge < -0.3 is 4.90 Å². The van der Waals surface area contributed by atoms with E-state index in [1.54, 1.807) is 0 Å². The minimum absolute atomic E-state index is 0.653. The molecule has 1 aromatic carbocycles. The van der Waals surface area contributed by atoms with Crippen molar-refractivity contribution in [2.45, 2.75) is 20.3 Å². The predicted molar refractivity (Wildman–Crippen MR) is 83.0 cm³/mol. The monoisotopic (exact) mass is 316 g/mol. The molecule has 0 radical (unpaired) electrons. The van der Waals surface area contributed by atoms with Gasteiger partial charge in [-0.2, -0.15) is 0 Å². The van der Waals surface area contributed by atoms with Gasteiger partial charge in [0.25, 0.3) is 0 Å². The van der Waals surface area contributed by atoms with E-state index in [2.05, 4.69) is 70.0 Å². The molecule has 0 saturated heterocycles. The minimum atomic E-state index is 0.653. The molecule has 0 saturated carbocycles. The van der Waals surface area contributed by atoms with Gasteiger partial charge in [-0.05, 0) is 58.5 Å². The number of rotatable bonds is 1. The third kappa shape index (κ3) is 2.39. The van der Waals surface area contributed by atoms with E-state index in [0.717, 1.165) is 23.3 Å². The van der Waals surface area contributed by atoms with E-state index in [1.165, 1.54) is 16.8 Å². The minimum Gasteiger partial charge on any atom is -0.326 e. The van der Waals surface area contributed by atoms with Crippen LogP contribution < -0.4 is 4.90 Å². The molecule has 2 heterocycles. The van der Waals surface area contributed by atoms with Gasteiger partial charge in [-0.25, -0.2) is 4.98 Å². The maximum atomic E-state index is 4.61. The smallest absolute Gasteiger partial charge is 0.135 e. The molecule has 98 valence electrons. The molecule has 2 aromatic rings. The highest BCUT2D eigenvalue weighted by molar-refractivity contribution is 9.10. The molecule has 0 N–H and O–H groups in total. The number of hydrogen-bond donors (Lipinski definition) is 0. The van der Waals surface area contributed by atoms with Gasteiger partial charge in [-0.1, -0.05) is 25.1 Å². The van der Waals surface area contributed by atoms with E-state index in [-0.39, 0.29) is 0 Å². The molecule has 0 spiro atoms. The Balaban J connectivity index is 2.10. The zero-order valence-corrected chi connectivity index (χ0v) is 12.8. The second-order valence-corrected chi connectivity index (χ2v) is 6.26. The van der Waals surface area contributed by atoms with Gasteiger partial charge in [0.15, 0.2) is 0 Å². The molecule has 1 aliphatic rings. The van der Waals surface area contributed by atoms with Crippen molar-refractivity contribution in [2.75, 3.05) is 11.4 Å². The third-order valence-electron chi connectivity index (χ3n) is 3.62. The first-order chi connectivity index (χ1) is 9.15. The maximum absolute atomic E-state index is 4.61. The van der Waals surface area contributed by atoms with Crippen molar-refractivity contribution >= 4 is 27.4 Å². The van der Waals surface area contributed by atoms with Gasteiger partial charge in [0.1, 0.15) is 5.82 Å². The van der Waals surface area contributed by atoms with E-state index in [4.69, 9.17) is 0 Å². The molecule has 3 rings (SSSR count). The molecular weight excluding hydrogens is 300 g/mol. The molecule has 3 heteroatoms. The van der Waals surface area contributed by atoms with Gasteiger partial charge in [0, 0.05) is 22.9 Å². The summed E-state index contributed by atoms with van der Waals surface area (Å²) >= 11 is 3.48. The number of para-hydroxylation sites is 1. The van der Waals surface area contributed by atoms with Crippen molar-refractivity contribution in [3.05, 3.63) is 52.1 Å². The number of aromatic nitrogens is 1. The molecule has 1 atom stereocenters. The van der Waals surface area contributed by atoms with Crippen molar-refractivity contribution in [3.8, 4) is 0 Å². The number of anilines is 2. The van der Waals surface area contributed by atoms with E-state index < -0.39 is 0 Å². The van der Waals surface area contributed by atoms with E-state index in [1.807, 2.05) is 6.20 Å². The molecular formula is C16H17BrN2. The Kier molecular flexibility index (Phi) is 3.31. The number of benzene rings is 1. The van der Waals surface area contributed by atoms with Gasteiger partial charge in [0.05, 0.1) is 0 Å². The molecule has 2 nitrogen and oxygen atoms in total. The van der Waals surface area contributed by atoms with Crippen LogP contribution in [0.3, 0.4) is 0 Å². The standard InChI is InChI=1S/C16H17BrN2/c1-11-7-13-5-3-4-6-15(13)19(10-11)16-12(2)8-14(17)9-18-16/h3-6,8-9,11H,7,10H2,1-2H3. The first-order valence-corrected chi connectivity index (χ1v) is 7.42. The van der Waals surface area contributed by atoms with Crippen molar-refractivity contribution < 1.29 is 0 Å². The lowest BCUT2D eigenvalue weighted by molar-refractivity contribution is 0.559. The second kappa shape index (κ2) is 4.97. The van der Waals surface area contributed by atoms with E-state index >= 15 is 0 Å². The number of pyridine rings is 1. The summed E-state index contributed by atoms with van der Waals surface area (Å²) in [6.45, 7) is 5.46. The van der Waals surface area contributed by atoms with Gasteiger partial charge in [0.2, 0.25) is 0 Å². The first-order valence-electron chi connectivity index (χ1n) is 6.63. The zero-order valence-electron chi connectivity index (χ0n) is 11.2. The normalized spacial score (nSPS) is 18.3. The van der Waals surface area contributed by atoms with E-state index in [9.17, 15) is 0 Å². The molecule has 0 bridgehead atoms. The highest BCUT2D eigenvalue weighted by Crippen LogP contribution is 2.35. The van der Waals surface area contributed by atoms with Gasteiger partial charge in [-0.3, -0.25) is 0 Å². The van der Waals surface area contributed by atoms with Gasteiger partial charge >= 0.3 is 0 Å². The number of aryl methyl sites for hydroxylation is 1. The summed E-state index contributed by atoms with van der Waals surface area (Å²) in [4.78, 5) is 6.97. The van der Waals surface area contributed by atoms with Crippen molar-refractivity contribution in [1.29, 1.82) is 0 Å². The van der Waals surface area contributed by atoms with Crippen LogP contribution in [0.2, 0.25) is 0 Å². The number of fused-ring (bicyclic) bond motifs is 1. The van der Waals surface area contributed by atoms with Crippen LogP contribution >= 0.6 is 15.9 Å². The van der Waals surface area contributed by atoms with Crippen LogP contribution in [0.15, 0.2) is 41.0 Å². The van der Waals surface area contributed by atoms with E-state index in [0.29, 0.717) is 5.92 Å². The summed E-state index contributed by atoms with van der Waals surface area (Å²) in [5.41, 5.74) is 3.93. The Hall–Kier alpha value is -1.35. The lowest BCUT2D eigenvalue weighted by Crippen LogP contribution is -2.31. The Morgan fingerprint density at radius 1 is 1.32 bits per heavy atom. The number of hydrogen-bond acceptors (Lipinski definition) is 2. The summed E-state index contributed by atoms with van der Waals surface area (Å²) in [6.07, 6.45) is 3.03. The molecule has 0 fully saturated rings. The van der Waals surface area contributed by atoms with Crippen LogP contribution in [-0.2, 0) is 6.42 Å². The largest absolute Gasteiger partial charge is 0.326 e. The summed E-state index contributed by atoms with van der Waals surface area (Å²) < 4.78 is 1.03. The van der Waals surface area contributed by atoms with Crippen molar-refractivity contribution in [2.24, 2.45) is 5.92 Å². The fourth-order valence-corrected chi connectivity index (χ4v) is 3.26. The van der Waals surface area contributed by atoms with Crippen LogP contribution in [0.25, 0.3) is 0 Å². The molecule has 1 unspecified atom stereocenters. The summed E-state index contributed by atoms with van der Waals surface area (Å²) in [7, 11) is 0. The van der Waals surface area contributed by atoms with Crippen LogP contribution in [-0.4, -0.2) is 11.5 Å². The Bertz CT molecular complexity index is 609. The molecule has 1 aliphatic heterocycles. The van der Waals surface area contributed by atoms with Gasteiger partial charge in [-0.15, -0.1) is 0 Å². The zero-order chi connectivity index (χ0) is 13.4.